The van der Waals surface area contributed by atoms with Crippen molar-refractivity contribution >= 4 is 22.5 Å². The highest BCUT2D eigenvalue weighted by molar-refractivity contribution is 6.34. The number of hydrogen-bond donors (Lipinski definition) is 1. The number of nitrogens with zero attached hydrogens (tertiary/aromatic N) is 2. The van der Waals surface area contributed by atoms with Crippen molar-refractivity contribution in [1.29, 1.82) is 0 Å². The summed E-state index contributed by atoms with van der Waals surface area (Å²) >= 11 is 6.12. The Labute approximate surface area is 93.8 Å². The molecule has 0 radical (unpaired) electrons. The third-order valence-electron chi connectivity index (χ3n) is 2.56. The Morgan fingerprint density at radius 2 is 2.27 bits per heavy atom. The molecule has 0 aliphatic heterocycles. The molecule has 0 amide bonds. The topological polar surface area (TPSA) is 43.8 Å². The van der Waals surface area contributed by atoms with Crippen LogP contribution in [-0.2, 0) is 6.54 Å². The molecule has 0 saturated heterocycles. The van der Waals surface area contributed by atoms with E-state index in [4.69, 9.17) is 17.3 Å². The van der Waals surface area contributed by atoms with Gasteiger partial charge in [-0.05, 0) is 25.5 Å². The van der Waals surface area contributed by atoms with Crippen molar-refractivity contribution in [2.75, 3.05) is 0 Å². The van der Waals surface area contributed by atoms with Gasteiger partial charge in [0.15, 0.2) is 5.15 Å². The molecular formula is C11H14ClN3. The third kappa shape index (κ3) is 1.62. The van der Waals surface area contributed by atoms with Crippen LogP contribution in [0.1, 0.15) is 25.5 Å². The fourth-order valence-electron chi connectivity index (χ4n) is 1.83. The largest absolute Gasteiger partial charge is 0.324 e. The minimum atomic E-state index is -0.0271. The fourth-order valence-corrected chi connectivity index (χ4v) is 2.12. The second kappa shape index (κ2) is 3.83. The van der Waals surface area contributed by atoms with Crippen molar-refractivity contribution in [2.45, 2.75) is 26.4 Å². The van der Waals surface area contributed by atoms with Crippen LogP contribution in [0.3, 0.4) is 0 Å². The van der Waals surface area contributed by atoms with Crippen molar-refractivity contribution in [3.05, 3.63) is 28.9 Å². The summed E-state index contributed by atoms with van der Waals surface area (Å²) in [5.41, 5.74) is 8.01. The van der Waals surface area contributed by atoms with E-state index in [0.717, 1.165) is 23.0 Å². The Morgan fingerprint density at radius 3 is 2.87 bits per heavy atom. The smallest absolute Gasteiger partial charge is 0.159 e. The van der Waals surface area contributed by atoms with Crippen molar-refractivity contribution in [1.82, 2.24) is 9.78 Å². The lowest BCUT2D eigenvalue weighted by molar-refractivity contribution is 0.684. The lowest BCUT2D eigenvalue weighted by Gasteiger charge is -2.07. The van der Waals surface area contributed by atoms with E-state index in [0.29, 0.717) is 5.15 Å². The molecule has 80 valence electrons. The minimum Gasteiger partial charge on any atom is -0.324 e. The zero-order valence-electron chi connectivity index (χ0n) is 8.87. The van der Waals surface area contributed by atoms with Crippen LogP contribution in [0, 0.1) is 0 Å². The van der Waals surface area contributed by atoms with Crippen LogP contribution in [-0.4, -0.2) is 9.78 Å². The average molecular weight is 224 g/mol. The summed E-state index contributed by atoms with van der Waals surface area (Å²) in [7, 11) is 0. The van der Waals surface area contributed by atoms with Gasteiger partial charge < -0.3 is 5.73 Å². The van der Waals surface area contributed by atoms with Crippen LogP contribution in [0.15, 0.2) is 18.2 Å². The van der Waals surface area contributed by atoms with Gasteiger partial charge >= 0.3 is 0 Å². The van der Waals surface area contributed by atoms with E-state index in [9.17, 15) is 0 Å². The molecule has 0 aliphatic rings. The number of benzene rings is 1. The Balaban J connectivity index is 2.80. The quantitative estimate of drug-likeness (QED) is 0.851. The average Bonchev–Trinajstić information content (AvgIpc) is 2.55. The van der Waals surface area contributed by atoms with Gasteiger partial charge in [-0.15, -0.1) is 0 Å². The van der Waals surface area contributed by atoms with Crippen LogP contribution >= 0.6 is 11.6 Å². The lowest BCUT2D eigenvalue weighted by atomic mass is 10.1. The minimum absolute atomic E-state index is 0.0271. The summed E-state index contributed by atoms with van der Waals surface area (Å²) in [6.07, 6.45) is 0. The maximum absolute atomic E-state index is 6.12. The number of aromatic nitrogens is 2. The van der Waals surface area contributed by atoms with E-state index in [1.807, 2.05) is 36.7 Å². The van der Waals surface area contributed by atoms with Crippen LogP contribution in [0.4, 0.5) is 0 Å². The monoisotopic (exact) mass is 223 g/mol. The van der Waals surface area contributed by atoms with Crippen LogP contribution < -0.4 is 5.73 Å². The highest BCUT2D eigenvalue weighted by atomic mass is 35.5. The molecule has 2 aromatic rings. The van der Waals surface area contributed by atoms with Gasteiger partial charge in [0.25, 0.3) is 0 Å². The Hall–Kier alpha value is -1.06. The molecule has 1 aromatic heterocycles. The Kier molecular flexibility index (Phi) is 2.67. The molecular weight excluding hydrogens is 210 g/mol. The van der Waals surface area contributed by atoms with Crippen molar-refractivity contribution in [3.63, 3.8) is 0 Å². The number of aryl methyl sites for hydroxylation is 1. The number of fused-ring (bicyclic) bond motifs is 1. The molecule has 2 N–H and O–H groups in total. The molecule has 1 heterocycles. The summed E-state index contributed by atoms with van der Waals surface area (Å²) < 4.78 is 1.89. The second-order valence-electron chi connectivity index (χ2n) is 3.64. The fraction of sp³-hybridized carbons (Fsp3) is 0.364. The number of hydrogen-bond acceptors (Lipinski definition) is 2. The maximum atomic E-state index is 6.12. The van der Waals surface area contributed by atoms with E-state index in [2.05, 4.69) is 5.10 Å². The van der Waals surface area contributed by atoms with Crippen LogP contribution in [0.25, 0.3) is 10.9 Å². The molecule has 2 rings (SSSR count). The molecule has 0 spiro atoms. The van der Waals surface area contributed by atoms with Gasteiger partial charge in [-0.25, -0.2) is 0 Å². The van der Waals surface area contributed by atoms with Crippen LogP contribution in [0.5, 0.6) is 0 Å². The number of nitrogens with two attached hydrogens (primary N) is 1. The zero-order valence-corrected chi connectivity index (χ0v) is 9.62. The Morgan fingerprint density at radius 1 is 1.53 bits per heavy atom. The first-order valence-corrected chi connectivity index (χ1v) is 5.43. The van der Waals surface area contributed by atoms with Gasteiger partial charge in [-0.3, -0.25) is 4.68 Å². The van der Waals surface area contributed by atoms with Crippen LogP contribution in [0.2, 0.25) is 5.15 Å². The summed E-state index contributed by atoms with van der Waals surface area (Å²) in [5, 5.41) is 5.80. The van der Waals surface area contributed by atoms with Gasteiger partial charge in [0.2, 0.25) is 0 Å². The molecule has 1 unspecified atom stereocenters. The molecule has 0 fully saturated rings. The highest BCUT2D eigenvalue weighted by Gasteiger charge is 2.13. The molecule has 1 aromatic carbocycles. The van der Waals surface area contributed by atoms with Crippen molar-refractivity contribution < 1.29 is 0 Å². The van der Waals surface area contributed by atoms with E-state index < -0.39 is 0 Å². The summed E-state index contributed by atoms with van der Waals surface area (Å²) in [4.78, 5) is 0. The standard InChI is InChI=1S/C11H14ClN3/c1-3-15-9-6-4-5-8(7(2)13)10(9)11(12)14-15/h4-7H,3,13H2,1-2H3. The predicted molar refractivity (Wildman–Crippen MR) is 63.0 cm³/mol. The molecule has 0 bridgehead atoms. The lowest BCUT2D eigenvalue weighted by Crippen LogP contribution is -2.05. The summed E-state index contributed by atoms with van der Waals surface area (Å²) in [6, 6.07) is 5.98. The van der Waals surface area contributed by atoms with E-state index >= 15 is 0 Å². The normalized spacial score (nSPS) is 13.3. The first-order chi connectivity index (χ1) is 7.15. The Bertz CT molecular complexity index is 488. The third-order valence-corrected chi connectivity index (χ3v) is 2.82. The van der Waals surface area contributed by atoms with E-state index in [-0.39, 0.29) is 6.04 Å². The highest BCUT2D eigenvalue weighted by Crippen LogP contribution is 2.29. The van der Waals surface area contributed by atoms with Gasteiger partial charge in [0.1, 0.15) is 0 Å². The van der Waals surface area contributed by atoms with E-state index in [1.54, 1.807) is 0 Å². The summed E-state index contributed by atoms with van der Waals surface area (Å²) in [5.74, 6) is 0. The molecule has 0 aliphatic carbocycles. The molecule has 15 heavy (non-hydrogen) atoms. The van der Waals surface area contributed by atoms with E-state index in [1.165, 1.54) is 0 Å². The maximum Gasteiger partial charge on any atom is 0.159 e. The first-order valence-electron chi connectivity index (χ1n) is 5.05. The number of rotatable bonds is 2. The summed E-state index contributed by atoms with van der Waals surface area (Å²) in [6.45, 7) is 4.81. The van der Waals surface area contributed by atoms with Gasteiger partial charge in [-0.1, -0.05) is 23.7 Å². The van der Waals surface area contributed by atoms with Crippen molar-refractivity contribution in [3.8, 4) is 0 Å². The molecule has 3 nitrogen and oxygen atoms in total. The van der Waals surface area contributed by atoms with Gasteiger partial charge in [0, 0.05) is 18.0 Å². The first kappa shape index (κ1) is 10.5. The van der Waals surface area contributed by atoms with Gasteiger partial charge in [0.05, 0.1) is 5.52 Å². The SMILES string of the molecule is CCn1nc(Cl)c2c(C(C)N)cccc21. The zero-order chi connectivity index (χ0) is 11.0. The van der Waals surface area contributed by atoms with Gasteiger partial charge in [-0.2, -0.15) is 5.10 Å². The van der Waals surface area contributed by atoms with Crippen molar-refractivity contribution in [2.24, 2.45) is 5.73 Å². The molecule has 4 heteroatoms. The predicted octanol–water partition coefficient (Wildman–Crippen LogP) is 2.73. The molecule has 0 saturated carbocycles. The number of halogens is 1. The second-order valence-corrected chi connectivity index (χ2v) is 3.99. The molecule has 1 atom stereocenters.